The fourth-order valence-electron chi connectivity index (χ4n) is 2.38. The third-order valence-electron chi connectivity index (χ3n) is 3.68. The van der Waals surface area contributed by atoms with Gasteiger partial charge < -0.3 is 10.4 Å². The van der Waals surface area contributed by atoms with Gasteiger partial charge in [0.1, 0.15) is 0 Å². The van der Waals surface area contributed by atoms with E-state index in [-0.39, 0.29) is 12.3 Å². The summed E-state index contributed by atoms with van der Waals surface area (Å²) in [6.45, 7) is 3.84. The Hall–Kier alpha value is -1.84. The van der Waals surface area contributed by atoms with E-state index in [1.165, 1.54) is 0 Å². The molecule has 0 bridgehead atoms. The van der Waals surface area contributed by atoms with E-state index in [1.807, 2.05) is 26.0 Å². The predicted octanol–water partition coefficient (Wildman–Crippen LogP) is 2.71. The van der Waals surface area contributed by atoms with Gasteiger partial charge in [0.25, 0.3) is 0 Å². The summed E-state index contributed by atoms with van der Waals surface area (Å²) in [4.78, 5) is 22.3. The van der Waals surface area contributed by atoms with Gasteiger partial charge in [0.05, 0.1) is 5.41 Å². The highest BCUT2D eigenvalue weighted by Crippen LogP contribution is 2.37. The van der Waals surface area contributed by atoms with Crippen molar-refractivity contribution in [2.45, 2.75) is 44.9 Å². The zero-order valence-corrected chi connectivity index (χ0v) is 11.3. The number of carbonyl (C=O) groups is 2. The first-order valence-electron chi connectivity index (χ1n) is 6.58. The van der Waals surface area contributed by atoms with Crippen LogP contribution in [0.1, 0.15) is 44.2 Å². The molecule has 1 amide bonds. The summed E-state index contributed by atoms with van der Waals surface area (Å²) in [5.74, 6) is -0.713. The van der Waals surface area contributed by atoms with Crippen molar-refractivity contribution in [1.82, 2.24) is 0 Å². The average molecular weight is 261 g/mol. The maximum absolute atomic E-state index is 11.8. The lowest BCUT2D eigenvalue weighted by atomic mass is 9.85. The Morgan fingerprint density at radius 1 is 1.32 bits per heavy atom. The number of aliphatic carboxylic acids is 1. The first-order valence-corrected chi connectivity index (χ1v) is 6.58. The summed E-state index contributed by atoms with van der Waals surface area (Å²) in [6.07, 6.45) is 2.61. The molecule has 1 aromatic rings. The van der Waals surface area contributed by atoms with Crippen molar-refractivity contribution in [2.24, 2.45) is 0 Å². The van der Waals surface area contributed by atoms with Crippen LogP contribution in [0, 0.1) is 0 Å². The van der Waals surface area contributed by atoms with Crippen LogP contribution < -0.4 is 5.32 Å². The molecular weight excluding hydrogens is 242 g/mol. The predicted molar refractivity (Wildman–Crippen MR) is 73.3 cm³/mol. The maximum atomic E-state index is 11.8. The molecule has 1 aliphatic rings. The van der Waals surface area contributed by atoms with E-state index in [0.29, 0.717) is 6.42 Å². The molecule has 0 fully saturated rings. The lowest BCUT2D eigenvalue weighted by Crippen LogP contribution is -2.26. The minimum atomic E-state index is -0.745. The lowest BCUT2D eigenvalue weighted by molar-refractivity contribution is -0.137. The number of carbonyl (C=O) groups excluding carboxylic acids is 1. The lowest BCUT2D eigenvalue weighted by Gasteiger charge is -2.15. The Morgan fingerprint density at radius 3 is 2.74 bits per heavy atom. The molecule has 0 radical (unpaired) electrons. The SMILES string of the molecule is CC1(C)C(=O)Nc2ccc(CCCCC(=O)O)cc21. The fourth-order valence-corrected chi connectivity index (χ4v) is 2.38. The van der Waals surface area contributed by atoms with Crippen molar-refractivity contribution >= 4 is 17.6 Å². The second-order valence-corrected chi connectivity index (χ2v) is 5.56. The Labute approximate surface area is 112 Å². The van der Waals surface area contributed by atoms with Gasteiger partial charge in [-0.15, -0.1) is 0 Å². The molecule has 0 atom stereocenters. The van der Waals surface area contributed by atoms with E-state index in [9.17, 15) is 9.59 Å². The molecule has 102 valence electrons. The van der Waals surface area contributed by atoms with E-state index in [4.69, 9.17) is 5.11 Å². The number of carboxylic acid groups (broad SMARTS) is 1. The van der Waals surface area contributed by atoms with Crippen LogP contribution >= 0.6 is 0 Å². The highest BCUT2D eigenvalue weighted by atomic mass is 16.4. The number of unbranched alkanes of at least 4 members (excludes halogenated alkanes) is 1. The highest BCUT2D eigenvalue weighted by Gasteiger charge is 2.38. The molecule has 2 rings (SSSR count). The van der Waals surface area contributed by atoms with Gasteiger partial charge in [-0.25, -0.2) is 0 Å². The summed E-state index contributed by atoms with van der Waals surface area (Å²) >= 11 is 0. The topological polar surface area (TPSA) is 66.4 Å². The van der Waals surface area contributed by atoms with Crippen molar-refractivity contribution in [2.75, 3.05) is 5.32 Å². The molecule has 4 nitrogen and oxygen atoms in total. The van der Waals surface area contributed by atoms with E-state index >= 15 is 0 Å². The normalized spacial score (nSPS) is 16.0. The number of nitrogens with one attached hydrogen (secondary N) is 1. The minimum Gasteiger partial charge on any atom is -0.481 e. The van der Waals surface area contributed by atoms with Crippen molar-refractivity contribution < 1.29 is 14.7 Å². The van der Waals surface area contributed by atoms with Crippen molar-refractivity contribution in [1.29, 1.82) is 0 Å². The molecular formula is C15H19NO3. The molecule has 0 spiro atoms. The molecule has 1 heterocycles. The highest BCUT2D eigenvalue weighted by molar-refractivity contribution is 6.05. The zero-order valence-electron chi connectivity index (χ0n) is 11.3. The van der Waals surface area contributed by atoms with Crippen molar-refractivity contribution in [3.63, 3.8) is 0 Å². The van der Waals surface area contributed by atoms with Crippen LogP contribution in [-0.4, -0.2) is 17.0 Å². The molecule has 19 heavy (non-hydrogen) atoms. The van der Waals surface area contributed by atoms with Crippen LogP contribution in [0.25, 0.3) is 0 Å². The third kappa shape index (κ3) is 2.78. The van der Waals surface area contributed by atoms with Gasteiger partial charge in [0, 0.05) is 12.1 Å². The number of anilines is 1. The summed E-state index contributed by atoms with van der Waals surface area (Å²) in [7, 11) is 0. The molecule has 0 aliphatic carbocycles. The fraction of sp³-hybridized carbons (Fsp3) is 0.467. The van der Waals surface area contributed by atoms with E-state index in [2.05, 4.69) is 11.4 Å². The first-order chi connectivity index (χ1) is 8.91. The number of benzene rings is 1. The summed E-state index contributed by atoms with van der Waals surface area (Å²) in [5.41, 5.74) is 2.61. The van der Waals surface area contributed by atoms with Crippen molar-refractivity contribution in [3.05, 3.63) is 29.3 Å². The van der Waals surface area contributed by atoms with Crippen LogP contribution in [0.3, 0.4) is 0 Å². The Morgan fingerprint density at radius 2 is 2.05 bits per heavy atom. The number of fused-ring (bicyclic) bond motifs is 1. The average Bonchev–Trinajstić information content (AvgIpc) is 2.56. The smallest absolute Gasteiger partial charge is 0.303 e. The number of aryl methyl sites for hydroxylation is 1. The van der Waals surface area contributed by atoms with Crippen LogP contribution in [0.4, 0.5) is 5.69 Å². The standard InChI is InChI=1S/C15H19NO3/c1-15(2)11-9-10(5-3-4-6-13(17)18)7-8-12(11)16-14(15)19/h7-9H,3-6H2,1-2H3,(H,16,19)(H,17,18). The molecule has 4 heteroatoms. The number of carboxylic acids is 1. The number of amides is 1. The summed E-state index contributed by atoms with van der Waals surface area (Å²) in [6, 6.07) is 6.00. The van der Waals surface area contributed by atoms with Gasteiger partial charge in [-0.2, -0.15) is 0 Å². The molecule has 0 aromatic heterocycles. The van der Waals surface area contributed by atoms with E-state index in [1.54, 1.807) is 0 Å². The van der Waals surface area contributed by atoms with E-state index < -0.39 is 11.4 Å². The Balaban J connectivity index is 2.04. The van der Waals surface area contributed by atoms with Crippen molar-refractivity contribution in [3.8, 4) is 0 Å². The second kappa shape index (κ2) is 5.03. The number of hydrogen-bond acceptors (Lipinski definition) is 2. The van der Waals surface area contributed by atoms with Gasteiger partial charge in [-0.1, -0.05) is 12.1 Å². The molecule has 0 unspecified atom stereocenters. The molecule has 1 aromatic carbocycles. The van der Waals surface area contributed by atoms with Gasteiger partial charge in [0.2, 0.25) is 5.91 Å². The molecule has 0 saturated heterocycles. The largest absolute Gasteiger partial charge is 0.481 e. The maximum Gasteiger partial charge on any atom is 0.303 e. The van der Waals surface area contributed by atoms with Crippen LogP contribution in [0.2, 0.25) is 0 Å². The van der Waals surface area contributed by atoms with Gasteiger partial charge in [-0.3, -0.25) is 9.59 Å². The Bertz CT molecular complexity index is 520. The number of rotatable bonds is 5. The van der Waals surface area contributed by atoms with Gasteiger partial charge in [0.15, 0.2) is 0 Å². The second-order valence-electron chi connectivity index (χ2n) is 5.56. The van der Waals surface area contributed by atoms with E-state index in [0.717, 1.165) is 29.7 Å². The molecule has 2 N–H and O–H groups in total. The minimum absolute atomic E-state index is 0.0329. The first kappa shape index (κ1) is 13.6. The third-order valence-corrected chi connectivity index (χ3v) is 3.68. The van der Waals surface area contributed by atoms with Crippen LogP contribution in [0.5, 0.6) is 0 Å². The summed E-state index contributed by atoms with van der Waals surface area (Å²) in [5, 5.41) is 11.5. The molecule has 1 aliphatic heterocycles. The monoisotopic (exact) mass is 261 g/mol. The zero-order chi connectivity index (χ0) is 14.0. The quantitative estimate of drug-likeness (QED) is 0.801. The number of hydrogen-bond donors (Lipinski definition) is 2. The van der Waals surface area contributed by atoms with Gasteiger partial charge in [-0.05, 0) is 50.3 Å². The molecule has 0 saturated carbocycles. The van der Waals surface area contributed by atoms with Crippen LogP contribution in [0.15, 0.2) is 18.2 Å². The Kier molecular flexibility index (Phi) is 3.60. The summed E-state index contributed by atoms with van der Waals surface area (Å²) < 4.78 is 0. The van der Waals surface area contributed by atoms with Crippen LogP contribution in [-0.2, 0) is 21.4 Å². The van der Waals surface area contributed by atoms with Gasteiger partial charge >= 0.3 is 5.97 Å².